The van der Waals surface area contributed by atoms with E-state index < -0.39 is 5.41 Å². The number of para-hydroxylation sites is 1. The van der Waals surface area contributed by atoms with Gasteiger partial charge in [0.1, 0.15) is 18.8 Å². The second-order valence-electron chi connectivity index (χ2n) is 5.62. The normalized spacial score (nSPS) is 20.4. The van der Waals surface area contributed by atoms with Crippen molar-refractivity contribution < 1.29 is 9.59 Å². The van der Waals surface area contributed by atoms with Gasteiger partial charge in [-0.2, -0.15) is 0 Å². The van der Waals surface area contributed by atoms with Crippen LogP contribution in [-0.4, -0.2) is 36.0 Å². The van der Waals surface area contributed by atoms with Crippen molar-refractivity contribution >= 4 is 23.5 Å². The number of amides is 2. The highest BCUT2D eigenvalue weighted by Crippen LogP contribution is 2.33. The lowest BCUT2D eigenvalue weighted by Crippen LogP contribution is -2.67. The Bertz CT molecular complexity index is 622. The summed E-state index contributed by atoms with van der Waals surface area (Å²) in [6, 6.07) is 9.84. The Hall–Kier alpha value is -2.37. The predicted molar refractivity (Wildman–Crippen MR) is 84.1 cm³/mol. The van der Waals surface area contributed by atoms with E-state index in [2.05, 4.69) is 10.3 Å². The largest absolute Gasteiger partial charge is 0.334 e. The average Bonchev–Trinajstić information content (AvgIpc) is 2.57. The van der Waals surface area contributed by atoms with E-state index in [0.29, 0.717) is 32.1 Å². The number of guanidine groups is 1. The van der Waals surface area contributed by atoms with E-state index >= 15 is 0 Å². The number of anilines is 1. The molecule has 0 atom stereocenters. The first-order valence-corrected chi connectivity index (χ1v) is 7.60. The van der Waals surface area contributed by atoms with Crippen LogP contribution in [0.4, 0.5) is 5.69 Å². The highest BCUT2D eigenvalue weighted by Gasteiger charge is 2.51. The molecule has 116 valence electrons. The molecule has 2 amide bonds. The Morgan fingerprint density at radius 2 is 1.86 bits per heavy atom. The molecule has 1 saturated heterocycles. The first-order chi connectivity index (χ1) is 10.6. The molecule has 0 saturated carbocycles. The van der Waals surface area contributed by atoms with Gasteiger partial charge in [-0.1, -0.05) is 32.0 Å². The third-order valence-corrected chi connectivity index (χ3v) is 4.60. The summed E-state index contributed by atoms with van der Waals surface area (Å²) in [6.07, 6.45) is 0.979. The van der Waals surface area contributed by atoms with E-state index in [4.69, 9.17) is 0 Å². The summed E-state index contributed by atoms with van der Waals surface area (Å²) in [5.74, 6) is -0.00833. The fraction of sp³-hybridized carbons (Fsp3) is 0.438. The van der Waals surface area contributed by atoms with Crippen molar-refractivity contribution in [2.24, 2.45) is 10.4 Å². The molecule has 22 heavy (non-hydrogen) atoms. The van der Waals surface area contributed by atoms with Crippen LogP contribution in [0.1, 0.15) is 26.7 Å². The highest BCUT2D eigenvalue weighted by molar-refractivity contribution is 6.20. The van der Waals surface area contributed by atoms with Crippen LogP contribution in [0.15, 0.2) is 35.3 Å². The molecular formula is C16H20N4O2. The molecule has 0 bridgehead atoms. The van der Waals surface area contributed by atoms with Gasteiger partial charge < -0.3 is 4.90 Å². The van der Waals surface area contributed by atoms with Crippen molar-refractivity contribution in [1.82, 2.24) is 10.2 Å². The summed E-state index contributed by atoms with van der Waals surface area (Å²) in [5, 5.41) is 2.80. The standard InChI is InChI=1S/C16H20N4O2/c1-3-16(4-2)13(21)18-15-17-10-19(11-20(15)14(16)22)12-8-6-5-7-9-12/h5-9H,3-4,10-11H2,1-2H3,(H,17,18,21). The van der Waals surface area contributed by atoms with E-state index in [1.807, 2.05) is 49.1 Å². The summed E-state index contributed by atoms with van der Waals surface area (Å²) < 4.78 is 0. The molecule has 2 aliphatic heterocycles. The van der Waals surface area contributed by atoms with Crippen molar-refractivity contribution in [3.8, 4) is 0 Å². The number of nitrogens with one attached hydrogen (secondary N) is 1. The summed E-state index contributed by atoms with van der Waals surface area (Å²) in [7, 11) is 0. The zero-order valence-corrected chi connectivity index (χ0v) is 12.9. The van der Waals surface area contributed by atoms with Crippen molar-refractivity contribution in [3.63, 3.8) is 0 Å². The SMILES string of the molecule is CCC1(CC)C(=O)NC2=NCN(c3ccccc3)CN2C1=O. The zero-order valence-electron chi connectivity index (χ0n) is 12.9. The third-order valence-electron chi connectivity index (χ3n) is 4.60. The van der Waals surface area contributed by atoms with Crippen LogP contribution in [0.25, 0.3) is 0 Å². The summed E-state index contributed by atoms with van der Waals surface area (Å²) >= 11 is 0. The molecule has 1 aromatic carbocycles. The van der Waals surface area contributed by atoms with Crippen LogP contribution in [0.3, 0.4) is 0 Å². The maximum Gasteiger partial charge on any atom is 0.246 e. The van der Waals surface area contributed by atoms with Crippen LogP contribution < -0.4 is 10.2 Å². The number of hydrogen-bond donors (Lipinski definition) is 1. The van der Waals surface area contributed by atoms with Gasteiger partial charge in [-0.05, 0) is 25.0 Å². The minimum Gasteiger partial charge on any atom is -0.334 e. The molecule has 1 fully saturated rings. The van der Waals surface area contributed by atoms with E-state index in [1.54, 1.807) is 4.90 Å². The van der Waals surface area contributed by atoms with Crippen LogP contribution in [0, 0.1) is 5.41 Å². The number of aliphatic imine (C=N–C) groups is 1. The molecule has 0 spiro atoms. The maximum atomic E-state index is 12.9. The van der Waals surface area contributed by atoms with Crippen LogP contribution in [0.2, 0.25) is 0 Å². The van der Waals surface area contributed by atoms with Gasteiger partial charge in [-0.15, -0.1) is 0 Å². The lowest BCUT2D eigenvalue weighted by molar-refractivity contribution is -0.151. The maximum absolute atomic E-state index is 12.9. The number of rotatable bonds is 3. The van der Waals surface area contributed by atoms with E-state index in [9.17, 15) is 9.59 Å². The predicted octanol–water partition coefficient (Wildman–Crippen LogP) is 1.54. The molecule has 0 aliphatic carbocycles. The first kappa shape index (κ1) is 14.6. The molecule has 3 rings (SSSR count). The van der Waals surface area contributed by atoms with Crippen molar-refractivity contribution in [2.45, 2.75) is 26.7 Å². The molecule has 0 aromatic heterocycles. The number of nitrogens with zero attached hydrogens (tertiary/aromatic N) is 3. The Balaban J connectivity index is 1.92. The number of benzene rings is 1. The number of carbonyl (C=O) groups is 2. The molecular weight excluding hydrogens is 280 g/mol. The second kappa shape index (κ2) is 5.44. The third kappa shape index (κ3) is 2.06. The van der Waals surface area contributed by atoms with Crippen LogP contribution in [-0.2, 0) is 9.59 Å². The quantitative estimate of drug-likeness (QED) is 0.861. The molecule has 1 N–H and O–H groups in total. The summed E-state index contributed by atoms with van der Waals surface area (Å²) in [6.45, 7) is 4.59. The Morgan fingerprint density at radius 3 is 2.50 bits per heavy atom. The molecule has 6 heteroatoms. The molecule has 0 radical (unpaired) electrons. The zero-order chi connectivity index (χ0) is 15.7. The van der Waals surface area contributed by atoms with Gasteiger partial charge >= 0.3 is 0 Å². The number of hydrogen-bond acceptors (Lipinski definition) is 4. The minimum atomic E-state index is -0.973. The minimum absolute atomic E-state index is 0.152. The lowest BCUT2D eigenvalue weighted by atomic mass is 9.78. The summed E-state index contributed by atoms with van der Waals surface area (Å²) in [4.78, 5) is 33.2. The Kier molecular flexibility index (Phi) is 3.60. The lowest BCUT2D eigenvalue weighted by Gasteiger charge is -2.44. The molecule has 0 unspecified atom stereocenters. The molecule has 6 nitrogen and oxygen atoms in total. The fourth-order valence-corrected chi connectivity index (χ4v) is 3.04. The molecule has 1 aromatic rings. The van der Waals surface area contributed by atoms with Gasteiger partial charge in [0.05, 0.1) is 0 Å². The topological polar surface area (TPSA) is 65.0 Å². The van der Waals surface area contributed by atoms with E-state index in [-0.39, 0.29) is 11.8 Å². The van der Waals surface area contributed by atoms with Gasteiger partial charge in [-0.3, -0.25) is 19.8 Å². The number of carbonyl (C=O) groups excluding carboxylic acids is 2. The van der Waals surface area contributed by atoms with Crippen molar-refractivity contribution in [2.75, 3.05) is 18.2 Å². The van der Waals surface area contributed by atoms with Crippen LogP contribution >= 0.6 is 0 Å². The first-order valence-electron chi connectivity index (χ1n) is 7.60. The molecule has 2 aliphatic rings. The van der Waals surface area contributed by atoms with Gasteiger partial charge in [-0.25, -0.2) is 4.99 Å². The Labute approximate surface area is 129 Å². The van der Waals surface area contributed by atoms with Gasteiger partial charge in [0.2, 0.25) is 17.8 Å². The van der Waals surface area contributed by atoms with E-state index in [1.165, 1.54) is 0 Å². The monoisotopic (exact) mass is 300 g/mol. The van der Waals surface area contributed by atoms with Gasteiger partial charge in [0, 0.05) is 5.69 Å². The second-order valence-corrected chi connectivity index (χ2v) is 5.62. The van der Waals surface area contributed by atoms with E-state index in [0.717, 1.165) is 5.69 Å². The van der Waals surface area contributed by atoms with Crippen molar-refractivity contribution in [1.29, 1.82) is 0 Å². The molecule has 2 heterocycles. The smallest absolute Gasteiger partial charge is 0.246 e. The highest BCUT2D eigenvalue weighted by atomic mass is 16.2. The van der Waals surface area contributed by atoms with Gasteiger partial charge in [0.15, 0.2) is 0 Å². The van der Waals surface area contributed by atoms with Crippen LogP contribution in [0.5, 0.6) is 0 Å². The van der Waals surface area contributed by atoms with Gasteiger partial charge in [0.25, 0.3) is 0 Å². The Morgan fingerprint density at radius 1 is 1.18 bits per heavy atom. The summed E-state index contributed by atoms with van der Waals surface area (Å²) in [5.41, 5.74) is 0.0345. The number of fused-ring (bicyclic) bond motifs is 1. The average molecular weight is 300 g/mol. The van der Waals surface area contributed by atoms with Crippen molar-refractivity contribution in [3.05, 3.63) is 30.3 Å². The fourth-order valence-electron chi connectivity index (χ4n) is 3.04.